The molecule has 2 heterocycles. The fraction of sp³-hybridized carbons (Fsp3) is 0.609. The molecule has 0 aliphatic carbocycles. The van der Waals surface area contributed by atoms with Gasteiger partial charge in [-0.2, -0.15) is 0 Å². The van der Waals surface area contributed by atoms with Gasteiger partial charge in [-0.1, -0.05) is 26.0 Å². The van der Waals surface area contributed by atoms with Crippen molar-refractivity contribution in [2.45, 2.75) is 52.7 Å². The van der Waals surface area contributed by atoms with Gasteiger partial charge < -0.3 is 19.9 Å². The number of benzene rings is 1. The highest BCUT2D eigenvalue weighted by Crippen LogP contribution is 2.18. The summed E-state index contributed by atoms with van der Waals surface area (Å²) in [6.07, 6.45) is 2.50. The summed E-state index contributed by atoms with van der Waals surface area (Å²) in [6, 6.07) is 8.58. The number of ether oxygens (including phenoxy) is 1. The van der Waals surface area contributed by atoms with Crippen LogP contribution < -0.4 is 15.4 Å². The Hall–Kier alpha value is -1.88. The topological polar surface area (TPSA) is 79.6 Å². The Kier molecular flexibility index (Phi) is 10.7. The molecule has 2 N–H and O–H groups in total. The van der Waals surface area contributed by atoms with E-state index in [2.05, 4.69) is 39.6 Å². The van der Waals surface area contributed by atoms with Crippen LogP contribution in [0, 0.1) is 12.8 Å². The molecular formula is C23H38IN7O. The van der Waals surface area contributed by atoms with E-state index >= 15 is 0 Å². The third-order valence-corrected chi connectivity index (χ3v) is 5.78. The number of guanidine groups is 1. The molecule has 0 spiro atoms. The van der Waals surface area contributed by atoms with Crippen molar-refractivity contribution < 1.29 is 4.74 Å². The highest BCUT2D eigenvalue weighted by Gasteiger charge is 2.24. The van der Waals surface area contributed by atoms with Crippen LogP contribution >= 0.6 is 24.0 Å². The van der Waals surface area contributed by atoms with Crippen molar-refractivity contribution in [1.29, 1.82) is 0 Å². The van der Waals surface area contributed by atoms with Gasteiger partial charge >= 0.3 is 0 Å². The van der Waals surface area contributed by atoms with Crippen LogP contribution in [0.1, 0.15) is 43.9 Å². The number of nitrogens with one attached hydrogen (secondary N) is 2. The standard InChI is InChI=1S/C23H37N7O.HI/c1-17(2)16-30-12-6-7-20(30)14-25-23(26-15-22-28-27-18(3)29(22)4)24-13-19-8-10-21(31-5)11-9-19;/h8-11,17,20H,6-7,12-16H2,1-5H3,(H2,24,25,26);1H/t20-;/m1./s1. The first-order valence-corrected chi connectivity index (χ1v) is 11.2. The van der Waals surface area contributed by atoms with Gasteiger partial charge in [0.25, 0.3) is 0 Å². The molecule has 1 atom stereocenters. The highest BCUT2D eigenvalue weighted by atomic mass is 127. The molecule has 0 amide bonds. The smallest absolute Gasteiger partial charge is 0.192 e. The summed E-state index contributed by atoms with van der Waals surface area (Å²) >= 11 is 0. The van der Waals surface area contributed by atoms with E-state index in [9.17, 15) is 0 Å². The molecule has 2 aromatic rings. The zero-order valence-electron chi connectivity index (χ0n) is 20.0. The number of rotatable bonds is 9. The molecule has 8 nitrogen and oxygen atoms in total. The fourth-order valence-corrected chi connectivity index (χ4v) is 3.89. The van der Waals surface area contributed by atoms with E-state index in [0.29, 0.717) is 25.0 Å². The van der Waals surface area contributed by atoms with E-state index in [-0.39, 0.29) is 24.0 Å². The van der Waals surface area contributed by atoms with Crippen molar-refractivity contribution in [1.82, 2.24) is 30.3 Å². The van der Waals surface area contributed by atoms with Crippen molar-refractivity contribution in [3.63, 3.8) is 0 Å². The summed E-state index contributed by atoms with van der Waals surface area (Å²) in [5.74, 6) is 4.12. The molecule has 0 bridgehead atoms. The Morgan fingerprint density at radius 1 is 1.22 bits per heavy atom. The van der Waals surface area contributed by atoms with Gasteiger partial charge in [-0.3, -0.25) is 4.90 Å². The molecule has 1 aromatic carbocycles. The molecule has 9 heteroatoms. The molecule has 0 unspecified atom stereocenters. The van der Waals surface area contributed by atoms with Gasteiger partial charge in [0.2, 0.25) is 0 Å². The number of hydrogen-bond acceptors (Lipinski definition) is 5. The Balaban J connectivity index is 0.00000363. The van der Waals surface area contributed by atoms with Crippen LogP contribution in [0.25, 0.3) is 0 Å². The summed E-state index contributed by atoms with van der Waals surface area (Å²) in [4.78, 5) is 7.43. The van der Waals surface area contributed by atoms with E-state index in [1.807, 2.05) is 42.8 Å². The van der Waals surface area contributed by atoms with Gasteiger partial charge in [-0.15, -0.1) is 34.2 Å². The third kappa shape index (κ3) is 7.61. The molecule has 1 fully saturated rings. The van der Waals surface area contributed by atoms with E-state index in [1.54, 1.807) is 7.11 Å². The largest absolute Gasteiger partial charge is 0.497 e. The minimum absolute atomic E-state index is 0. The van der Waals surface area contributed by atoms with Gasteiger partial charge in [0.15, 0.2) is 11.8 Å². The maximum atomic E-state index is 5.25. The zero-order chi connectivity index (χ0) is 22.2. The summed E-state index contributed by atoms with van der Waals surface area (Å²) in [6.45, 7) is 10.9. The minimum atomic E-state index is 0. The zero-order valence-corrected chi connectivity index (χ0v) is 22.3. The van der Waals surface area contributed by atoms with Gasteiger partial charge in [0, 0.05) is 26.2 Å². The van der Waals surface area contributed by atoms with Crippen molar-refractivity contribution in [2.75, 3.05) is 26.7 Å². The minimum Gasteiger partial charge on any atom is -0.497 e. The first kappa shape index (κ1) is 26.4. The van der Waals surface area contributed by atoms with Crippen molar-refractivity contribution in [2.24, 2.45) is 18.0 Å². The molecule has 32 heavy (non-hydrogen) atoms. The second-order valence-electron chi connectivity index (χ2n) is 8.65. The molecule has 1 aliphatic heterocycles. The van der Waals surface area contributed by atoms with Gasteiger partial charge in [-0.05, 0) is 49.9 Å². The van der Waals surface area contributed by atoms with E-state index < -0.39 is 0 Å². The van der Waals surface area contributed by atoms with E-state index in [1.165, 1.54) is 19.4 Å². The summed E-state index contributed by atoms with van der Waals surface area (Å²) in [5, 5.41) is 15.4. The second kappa shape index (κ2) is 13.0. The average Bonchev–Trinajstić information content (AvgIpc) is 3.33. The molecule has 178 valence electrons. The van der Waals surface area contributed by atoms with Crippen LogP contribution in [0.3, 0.4) is 0 Å². The third-order valence-electron chi connectivity index (χ3n) is 5.78. The van der Waals surface area contributed by atoms with Gasteiger partial charge in [0.1, 0.15) is 11.6 Å². The van der Waals surface area contributed by atoms with Crippen LogP contribution in [-0.4, -0.2) is 58.4 Å². The van der Waals surface area contributed by atoms with Crippen molar-refractivity contribution in [3.05, 3.63) is 41.5 Å². The fourth-order valence-electron chi connectivity index (χ4n) is 3.89. The lowest BCUT2D eigenvalue weighted by atomic mass is 10.1. The highest BCUT2D eigenvalue weighted by molar-refractivity contribution is 14.0. The number of likely N-dealkylation sites (tertiary alicyclic amines) is 1. The predicted molar refractivity (Wildman–Crippen MR) is 140 cm³/mol. The number of nitrogens with zero attached hydrogens (tertiary/aromatic N) is 5. The molecule has 1 aliphatic rings. The number of methoxy groups -OCH3 is 1. The first-order valence-electron chi connectivity index (χ1n) is 11.2. The number of aliphatic imine (C=N–C) groups is 1. The van der Waals surface area contributed by atoms with E-state index in [4.69, 9.17) is 9.73 Å². The van der Waals surface area contributed by atoms with Crippen LogP contribution in [-0.2, 0) is 20.1 Å². The van der Waals surface area contributed by atoms with Crippen LogP contribution in [0.2, 0.25) is 0 Å². The summed E-state index contributed by atoms with van der Waals surface area (Å²) in [7, 11) is 3.66. The number of hydrogen-bond donors (Lipinski definition) is 2. The SMILES string of the molecule is COc1ccc(CN=C(NCc2nnc(C)n2C)NC[C@H]2CCCN2CC(C)C)cc1.I. The Bertz CT molecular complexity index is 851. The number of halogens is 1. The van der Waals surface area contributed by atoms with Crippen molar-refractivity contribution >= 4 is 29.9 Å². The number of aryl methyl sites for hydroxylation is 1. The maximum Gasteiger partial charge on any atom is 0.192 e. The first-order chi connectivity index (χ1) is 15.0. The van der Waals surface area contributed by atoms with Crippen molar-refractivity contribution in [3.8, 4) is 5.75 Å². The normalized spacial score (nSPS) is 16.8. The Labute approximate surface area is 209 Å². The summed E-state index contributed by atoms with van der Waals surface area (Å²) in [5.41, 5.74) is 1.14. The summed E-state index contributed by atoms with van der Waals surface area (Å²) < 4.78 is 7.24. The lowest BCUT2D eigenvalue weighted by Gasteiger charge is -2.27. The molecule has 1 saturated heterocycles. The second-order valence-corrected chi connectivity index (χ2v) is 8.65. The molecule has 3 rings (SSSR count). The number of aromatic nitrogens is 3. The van der Waals surface area contributed by atoms with E-state index in [0.717, 1.165) is 42.0 Å². The lowest BCUT2D eigenvalue weighted by Crippen LogP contribution is -2.45. The molecule has 0 saturated carbocycles. The van der Waals surface area contributed by atoms with Crippen LogP contribution in [0.5, 0.6) is 5.75 Å². The van der Waals surface area contributed by atoms with Crippen LogP contribution in [0.4, 0.5) is 0 Å². The predicted octanol–water partition coefficient (Wildman–Crippen LogP) is 3.11. The average molecular weight is 556 g/mol. The molecular weight excluding hydrogens is 517 g/mol. The van der Waals surface area contributed by atoms with Gasteiger partial charge in [-0.25, -0.2) is 4.99 Å². The Morgan fingerprint density at radius 3 is 2.59 bits per heavy atom. The van der Waals surface area contributed by atoms with Gasteiger partial charge in [0.05, 0.1) is 20.2 Å². The van der Waals surface area contributed by atoms with Crippen LogP contribution in [0.15, 0.2) is 29.3 Å². The Morgan fingerprint density at radius 2 is 1.97 bits per heavy atom. The molecule has 1 aromatic heterocycles. The molecule has 0 radical (unpaired) electrons. The lowest BCUT2D eigenvalue weighted by molar-refractivity contribution is 0.226. The maximum absolute atomic E-state index is 5.25. The quantitative estimate of drug-likeness (QED) is 0.281. The monoisotopic (exact) mass is 555 g/mol.